The van der Waals surface area contributed by atoms with Crippen molar-refractivity contribution < 1.29 is 9.59 Å². The van der Waals surface area contributed by atoms with Crippen molar-refractivity contribution in [1.29, 1.82) is 0 Å². The van der Waals surface area contributed by atoms with Gasteiger partial charge in [-0.15, -0.1) is 0 Å². The van der Waals surface area contributed by atoms with E-state index in [0.29, 0.717) is 10.0 Å². The normalized spacial score (nSPS) is 9.62. The number of nitrogens with zero attached hydrogens (tertiary/aromatic N) is 2. The van der Waals surface area contributed by atoms with Crippen molar-refractivity contribution in [2.45, 2.75) is 0 Å². The number of carbonyl (C=O) groups excluding carboxylic acids is 2. The van der Waals surface area contributed by atoms with E-state index in [-0.39, 0.29) is 11.4 Å². The first kappa shape index (κ1) is 11.8. The fourth-order valence-corrected chi connectivity index (χ4v) is 0.980. The third-order valence-electron chi connectivity index (χ3n) is 1.79. The van der Waals surface area contributed by atoms with Gasteiger partial charge in [-0.05, 0) is 24.3 Å². The molecule has 0 bridgehead atoms. The molecule has 0 aliphatic heterocycles. The summed E-state index contributed by atoms with van der Waals surface area (Å²) in [5.41, 5.74) is 10.4. The average Bonchev–Trinajstić information content (AvgIpc) is 2.26. The molecule has 8 nitrogen and oxygen atoms in total. The highest BCUT2D eigenvalue weighted by molar-refractivity contribution is 5.92. The molecule has 0 atom stereocenters. The van der Waals surface area contributed by atoms with Gasteiger partial charge in [-0.25, -0.2) is 31.3 Å². The van der Waals surface area contributed by atoms with E-state index in [1.54, 1.807) is 0 Å². The van der Waals surface area contributed by atoms with Gasteiger partial charge in [0, 0.05) is 0 Å². The third-order valence-corrected chi connectivity index (χ3v) is 1.79. The van der Waals surface area contributed by atoms with E-state index in [9.17, 15) is 9.59 Å². The summed E-state index contributed by atoms with van der Waals surface area (Å²) in [5.74, 6) is 10.7. The van der Waals surface area contributed by atoms with Crippen molar-refractivity contribution in [3.05, 3.63) is 24.3 Å². The van der Waals surface area contributed by atoms with Crippen LogP contribution >= 0.6 is 0 Å². The molecule has 0 aliphatic carbocycles. The maximum atomic E-state index is 10.8. The van der Waals surface area contributed by atoms with Crippen molar-refractivity contribution in [3.63, 3.8) is 0 Å². The number of hydrogen-bond acceptors (Lipinski definition) is 4. The molecule has 1 rings (SSSR count). The summed E-state index contributed by atoms with van der Waals surface area (Å²) in [6.45, 7) is 0. The van der Waals surface area contributed by atoms with Gasteiger partial charge in [0.05, 0.1) is 11.4 Å². The van der Waals surface area contributed by atoms with E-state index < -0.39 is 12.1 Å². The third kappa shape index (κ3) is 2.38. The maximum Gasteiger partial charge on any atom is 0.333 e. The lowest BCUT2D eigenvalue weighted by molar-refractivity contribution is 0.253. The number of rotatable bonds is 2. The zero-order valence-corrected chi connectivity index (χ0v) is 8.25. The lowest BCUT2D eigenvalue weighted by Crippen LogP contribution is -2.43. The zero-order valence-electron chi connectivity index (χ0n) is 8.25. The molecule has 1 aromatic carbocycles. The summed E-state index contributed by atoms with van der Waals surface area (Å²) in [7, 11) is 0. The van der Waals surface area contributed by atoms with Gasteiger partial charge in [0.2, 0.25) is 0 Å². The Labute approximate surface area is 91.3 Å². The molecule has 16 heavy (non-hydrogen) atoms. The molecule has 1 aromatic rings. The highest BCUT2D eigenvalue weighted by Crippen LogP contribution is 2.18. The van der Waals surface area contributed by atoms with Crippen molar-refractivity contribution in [2.75, 3.05) is 10.0 Å². The van der Waals surface area contributed by atoms with Crippen molar-refractivity contribution in [2.24, 2.45) is 23.2 Å². The lowest BCUT2D eigenvalue weighted by atomic mass is 10.2. The lowest BCUT2D eigenvalue weighted by Gasteiger charge is -2.17. The molecule has 0 heterocycles. The Hall–Kier alpha value is -2.32. The zero-order chi connectivity index (χ0) is 12.3. The van der Waals surface area contributed by atoms with Crippen LogP contribution in [0.4, 0.5) is 21.0 Å². The van der Waals surface area contributed by atoms with E-state index in [0.717, 1.165) is 0 Å². The van der Waals surface area contributed by atoms with Crippen LogP contribution in [0.25, 0.3) is 0 Å². The number of carbonyl (C=O) groups is 2. The SMILES string of the molecule is NC(=O)N(N)c1c[c]cc(N(N)C(N)=O)c1. The average molecular weight is 223 g/mol. The molecule has 0 unspecified atom stereocenters. The summed E-state index contributed by atoms with van der Waals surface area (Å²) in [6, 6.07) is 5.11. The van der Waals surface area contributed by atoms with Gasteiger partial charge in [-0.3, -0.25) is 0 Å². The number of anilines is 2. The second-order valence-electron chi connectivity index (χ2n) is 2.87. The maximum absolute atomic E-state index is 10.8. The molecule has 85 valence electrons. The minimum atomic E-state index is -0.854. The van der Waals surface area contributed by atoms with Crippen LogP contribution < -0.4 is 33.2 Å². The largest absolute Gasteiger partial charge is 0.350 e. The quantitative estimate of drug-likeness (QED) is 0.289. The standard InChI is InChI=1S/C8H11N6O2/c9-7(15)13(11)5-2-1-3-6(4-5)14(12)8(10)16/h2-4H,11-12H2,(H2,9,15)(H2,10,16). The van der Waals surface area contributed by atoms with Crippen molar-refractivity contribution in [1.82, 2.24) is 0 Å². The Balaban J connectivity index is 3.04. The minimum absolute atomic E-state index is 0.238. The molecule has 0 aliphatic rings. The number of hydrazine groups is 2. The topological polar surface area (TPSA) is 145 Å². The fraction of sp³-hybridized carbons (Fsp3) is 0. The second-order valence-corrected chi connectivity index (χ2v) is 2.87. The van der Waals surface area contributed by atoms with Crippen molar-refractivity contribution in [3.8, 4) is 0 Å². The Bertz CT molecular complexity index is 385. The van der Waals surface area contributed by atoms with E-state index in [2.05, 4.69) is 6.07 Å². The van der Waals surface area contributed by atoms with E-state index in [1.807, 2.05) is 0 Å². The van der Waals surface area contributed by atoms with Crippen LogP contribution in [-0.2, 0) is 0 Å². The van der Waals surface area contributed by atoms with Crippen LogP contribution in [0.2, 0.25) is 0 Å². The first-order valence-corrected chi connectivity index (χ1v) is 4.13. The smallest absolute Gasteiger partial charge is 0.333 e. The predicted molar refractivity (Wildman–Crippen MR) is 57.8 cm³/mol. The van der Waals surface area contributed by atoms with Gasteiger partial charge in [0.15, 0.2) is 0 Å². The number of hydrogen-bond donors (Lipinski definition) is 4. The summed E-state index contributed by atoms with van der Waals surface area (Å²) < 4.78 is 0. The molecule has 0 fully saturated rings. The molecule has 0 aromatic heterocycles. The molecule has 0 spiro atoms. The van der Waals surface area contributed by atoms with E-state index >= 15 is 0 Å². The minimum Gasteiger partial charge on any atom is -0.350 e. The van der Waals surface area contributed by atoms with Gasteiger partial charge in [-0.1, -0.05) is 0 Å². The Morgan fingerprint density at radius 2 is 1.38 bits per heavy atom. The summed E-state index contributed by atoms with van der Waals surface area (Å²) in [5, 5.41) is 1.38. The molecule has 1 radical (unpaired) electrons. The first-order valence-electron chi connectivity index (χ1n) is 4.13. The van der Waals surface area contributed by atoms with Gasteiger partial charge >= 0.3 is 12.1 Å². The van der Waals surface area contributed by atoms with Gasteiger partial charge in [-0.2, -0.15) is 0 Å². The Kier molecular flexibility index (Phi) is 3.28. The number of primary amides is 2. The molecule has 4 amide bonds. The molecule has 8 N–H and O–H groups in total. The highest BCUT2D eigenvalue weighted by Gasteiger charge is 2.11. The van der Waals surface area contributed by atoms with Crippen LogP contribution in [-0.4, -0.2) is 12.1 Å². The van der Waals surface area contributed by atoms with Crippen LogP contribution in [0.5, 0.6) is 0 Å². The first-order chi connectivity index (χ1) is 7.43. The predicted octanol–water partition coefficient (Wildman–Crippen LogP) is -0.996. The summed E-state index contributed by atoms with van der Waals surface area (Å²) in [4.78, 5) is 21.6. The number of benzene rings is 1. The van der Waals surface area contributed by atoms with Crippen molar-refractivity contribution >= 4 is 23.4 Å². The van der Waals surface area contributed by atoms with Gasteiger partial charge in [0.1, 0.15) is 0 Å². The highest BCUT2D eigenvalue weighted by atomic mass is 16.2. The van der Waals surface area contributed by atoms with Crippen LogP contribution in [0, 0.1) is 6.07 Å². The van der Waals surface area contributed by atoms with Crippen LogP contribution in [0.1, 0.15) is 0 Å². The van der Waals surface area contributed by atoms with Crippen LogP contribution in [0.3, 0.4) is 0 Å². The molecule has 8 heteroatoms. The number of amides is 4. The summed E-state index contributed by atoms with van der Waals surface area (Å²) in [6.07, 6.45) is 0. The van der Waals surface area contributed by atoms with E-state index in [1.165, 1.54) is 18.2 Å². The van der Waals surface area contributed by atoms with Gasteiger partial charge in [0.25, 0.3) is 0 Å². The Morgan fingerprint density at radius 3 is 1.69 bits per heavy atom. The monoisotopic (exact) mass is 223 g/mol. The molecule has 0 saturated heterocycles. The summed E-state index contributed by atoms with van der Waals surface area (Å²) >= 11 is 0. The molecule has 0 saturated carbocycles. The molecular weight excluding hydrogens is 212 g/mol. The van der Waals surface area contributed by atoms with Gasteiger partial charge < -0.3 is 11.5 Å². The molecular formula is C8H11N6O2. The number of urea groups is 2. The Morgan fingerprint density at radius 1 is 1.00 bits per heavy atom. The second kappa shape index (κ2) is 4.47. The number of nitrogens with two attached hydrogens (primary N) is 4. The van der Waals surface area contributed by atoms with E-state index in [4.69, 9.17) is 23.2 Å². The fourth-order valence-electron chi connectivity index (χ4n) is 0.980. The van der Waals surface area contributed by atoms with Crippen LogP contribution in [0.15, 0.2) is 18.2 Å².